The molecule has 0 aliphatic rings. The number of hydrogen-bond donors (Lipinski definition) is 2. The number of hydrogen-bond acceptors (Lipinski definition) is 7. The van der Waals surface area contributed by atoms with Crippen LogP contribution in [0, 0.1) is 0 Å². The van der Waals surface area contributed by atoms with Crippen molar-refractivity contribution in [2.45, 2.75) is 0 Å². The van der Waals surface area contributed by atoms with Crippen LogP contribution in [0.4, 0.5) is 11.6 Å². The Balaban J connectivity index is 1.72. The van der Waals surface area contributed by atoms with Crippen LogP contribution >= 0.6 is 0 Å². The van der Waals surface area contributed by atoms with Crippen molar-refractivity contribution in [2.75, 3.05) is 33.7 Å². The smallest absolute Gasteiger partial charge is 0.251 e. The molecule has 4 rings (SSSR count). The van der Waals surface area contributed by atoms with E-state index >= 15 is 0 Å². The lowest BCUT2D eigenvalue weighted by atomic mass is 10.2. The minimum absolute atomic E-state index is 0.150. The molecule has 0 radical (unpaired) electrons. The molecule has 0 saturated heterocycles. The summed E-state index contributed by atoms with van der Waals surface area (Å²) < 4.78 is 18.1. The van der Waals surface area contributed by atoms with Crippen LogP contribution in [0.3, 0.4) is 0 Å². The number of aromatic nitrogens is 3. The second-order valence-electron chi connectivity index (χ2n) is 6.83. The Kier molecular flexibility index (Phi) is 5.80. The van der Waals surface area contributed by atoms with Gasteiger partial charge in [-0.1, -0.05) is 6.07 Å². The quantitative estimate of drug-likeness (QED) is 0.460. The Morgan fingerprint density at radius 2 is 1.75 bits per heavy atom. The van der Waals surface area contributed by atoms with E-state index in [-0.39, 0.29) is 5.91 Å². The van der Waals surface area contributed by atoms with E-state index in [1.807, 2.05) is 35.0 Å². The van der Waals surface area contributed by atoms with E-state index in [1.54, 1.807) is 52.8 Å². The van der Waals surface area contributed by atoms with Gasteiger partial charge in [0.25, 0.3) is 5.91 Å². The topological polar surface area (TPSA) is 99.5 Å². The maximum Gasteiger partial charge on any atom is 0.251 e. The minimum atomic E-state index is -0.150. The van der Waals surface area contributed by atoms with Gasteiger partial charge in [0.1, 0.15) is 5.65 Å². The molecule has 0 atom stereocenters. The van der Waals surface area contributed by atoms with Crippen LogP contribution in [0.1, 0.15) is 10.4 Å². The Labute approximate surface area is 185 Å². The summed E-state index contributed by atoms with van der Waals surface area (Å²) in [6.45, 7) is 0. The molecule has 0 spiro atoms. The maximum atomic E-state index is 12.0. The van der Waals surface area contributed by atoms with Gasteiger partial charge in [-0.25, -0.2) is 4.98 Å². The van der Waals surface area contributed by atoms with Crippen molar-refractivity contribution < 1.29 is 19.0 Å². The number of carbonyl (C=O) groups is 1. The molecule has 0 fully saturated rings. The van der Waals surface area contributed by atoms with E-state index in [1.165, 1.54) is 0 Å². The molecule has 32 heavy (non-hydrogen) atoms. The Morgan fingerprint density at radius 3 is 2.41 bits per heavy atom. The SMILES string of the molecule is CNC(=O)c1cccc(-n2ccc3cnc(Nc4cc(OC)c(OC)c(OC)c4)nc32)c1. The van der Waals surface area contributed by atoms with Crippen molar-refractivity contribution in [3.63, 3.8) is 0 Å². The van der Waals surface area contributed by atoms with E-state index in [2.05, 4.69) is 20.6 Å². The number of carbonyl (C=O) groups excluding carboxylic acids is 1. The molecule has 9 nitrogen and oxygen atoms in total. The van der Waals surface area contributed by atoms with Gasteiger partial charge in [0.2, 0.25) is 11.7 Å². The molecule has 2 heterocycles. The van der Waals surface area contributed by atoms with E-state index in [0.29, 0.717) is 40.1 Å². The molecule has 0 saturated carbocycles. The van der Waals surface area contributed by atoms with Gasteiger partial charge < -0.3 is 29.4 Å². The van der Waals surface area contributed by atoms with Gasteiger partial charge in [-0.2, -0.15) is 4.98 Å². The number of methoxy groups -OCH3 is 3. The number of rotatable bonds is 7. The Bertz CT molecular complexity index is 1260. The number of fused-ring (bicyclic) bond motifs is 1. The third-order valence-electron chi connectivity index (χ3n) is 4.96. The van der Waals surface area contributed by atoms with Crippen molar-refractivity contribution in [3.8, 4) is 22.9 Å². The van der Waals surface area contributed by atoms with Crippen LogP contribution in [0.2, 0.25) is 0 Å². The zero-order chi connectivity index (χ0) is 22.7. The normalized spacial score (nSPS) is 10.6. The summed E-state index contributed by atoms with van der Waals surface area (Å²) in [6.07, 6.45) is 3.63. The first-order chi connectivity index (χ1) is 15.6. The first-order valence-electron chi connectivity index (χ1n) is 9.81. The maximum absolute atomic E-state index is 12.0. The second kappa shape index (κ2) is 8.84. The summed E-state index contributed by atoms with van der Waals surface area (Å²) in [7, 11) is 6.28. The number of ether oxygens (including phenoxy) is 3. The summed E-state index contributed by atoms with van der Waals surface area (Å²) in [4.78, 5) is 21.1. The molecule has 164 valence electrons. The van der Waals surface area contributed by atoms with Crippen LogP contribution in [0.15, 0.2) is 54.9 Å². The predicted octanol–water partition coefficient (Wildman–Crippen LogP) is 3.55. The summed E-state index contributed by atoms with van der Waals surface area (Å²) in [6, 6.07) is 12.8. The lowest BCUT2D eigenvalue weighted by Gasteiger charge is -2.14. The van der Waals surface area contributed by atoms with Gasteiger partial charge in [0, 0.05) is 53.9 Å². The second-order valence-corrected chi connectivity index (χ2v) is 6.83. The molecule has 0 unspecified atom stereocenters. The van der Waals surface area contributed by atoms with Gasteiger partial charge in [-0.3, -0.25) is 4.79 Å². The highest BCUT2D eigenvalue weighted by Gasteiger charge is 2.15. The van der Waals surface area contributed by atoms with Crippen LogP contribution in [0.5, 0.6) is 17.2 Å². The van der Waals surface area contributed by atoms with E-state index in [0.717, 1.165) is 11.1 Å². The molecule has 4 aromatic rings. The van der Waals surface area contributed by atoms with E-state index < -0.39 is 0 Å². The van der Waals surface area contributed by atoms with Crippen molar-refractivity contribution >= 4 is 28.6 Å². The van der Waals surface area contributed by atoms with Crippen LogP contribution < -0.4 is 24.8 Å². The third kappa shape index (κ3) is 3.87. The fraction of sp³-hybridized carbons (Fsp3) is 0.174. The monoisotopic (exact) mass is 433 g/mol. The minimum Gasteiger partial charge on any atom is -0.493 e. The summed E-state index contributed by atoms with van der Waals surface area (Å²) in [5.41, 5.74) is 2.76. The van der Waals surface area contributed by atoms with Crippen molar-refractivity contribution in [1.29, 1.82) is 0 Å². The fourth-order valence-electron chi connectivity index (χ4n) is 3.41. The number of amides is 1. The van der Waals surface area contributed by atoms with Crippen molar-refractivity contribution in [2.24, 2.45) is 0 Å². The number of benzene rings is 2. The number of nitrogens with zero attached hydrogens (tertiary/aromatic N) is 3. The van der Waals surface area contributed by atoms with Gasteiger partial charge in [0.15, 0.2) is 11.5 Å². The highest BCUT2D eigenvalue weighted by atomic mass is 16.5. The summed E-state index contributed by atoms with van der Waals surface area (Å²) >= 11 is 0. The molecular formula is C23H23N5O4. The Hall–Kier alpha value is -4.27. The van der Waals surface area contributed by atoms with Crippen LogP contribution in [-0.4, -0.2) is 48.8 Å². The zero-order valence-electron chi connectivity index (χ0n) is 18.2. The first kappa shape index (κ1) is 21.0. The fourth-order valence-corrected chi connectivity index (χ4v) is 3.41. The summed E-state index contributed by atoms with van der Waals surface area (Å²) in [5.74, 6) is 1.79. The van der Waals surface area contributed by atoms with Gasteiger partial charge >= 0.3 is 0 Å². The summed E-state index contributed by atoms with van der Waals surface area (Å²) in [5, 5.41) is 6.70. The average molecular weight is 433 g/mol. The van der Waals surface area contributed by atoms with E-state index in [4.69, 9.17) is 14.2 Å². The Morgan fingerprint density at radius 1 is 1.00 bits per heavy atom. The van der Waals surface area contributed by atoms with Gasteiger partial charge in [0.05, 0.1) is 21.3 Å². The zero-order valence-corrected chi connectivity index (χ0v) is 18.2. The molecule has 2 aromatic heterocycles. The molecular weight excluding hydrogens is 410 g/mol. The van der Waals surface area contributed by atoms with Crippen molar-refractivity contribution in [1.82, 2.24) is 19.9 Å². The first-order valence-corrected chi connectivity index (χ1v) is 9.81. The number of anilines is 2. The predicted molar refractivity (Wildman–Crippen MR) is 122 cm³/mol. The highest BCUT2D eigenvalue weighted by Crippen LogP contribution is 2.40. The molecule has 0 aliphatic heterocycles. The highest BCUT2D eigenvalue weighted by molar-refractivity contribution is 5.94. The lowest BCUT2D eigenvalue weighted by molar-refractivity contribution is 0.0963. The van der Waals surface area contributed by atoms with E-state index in [9.17, 15) is 4.79 Å². The molecule has 9 heteroatoms. The standard InChI is InChI=1S/C23H23N5O4/c1-24-22(29)14-6-5-7-17(10-14)28-9-8-15-13-25-23(27-21(15)28)26-16-11-18(30-2)20(32-4)19(12-16)31-3/h5-13H,1-4H3,(H,24,29)(H,25,26,27). The molecule has 2 N–H and O–H groups in total. The molecule has 1 amide bonds. The number of nitrogens with one attached hydrogen (secondary N) is 2. The largest absolute Gasteiger partial charge is 0.493 e. The molecule has 0 aliphatic carbocycles. The lowest BCUT2D eigenvalue weighted by Crippen LogP contribution is -2.17. The van der Waals surface area contributed by atoms with Crippen LogP contribution in [0.25, 0.3) is 16.7 Å². The molecule has 0 bridgehead atoms. The third-order valence-corrected chi connectivity index (χ3v) is 4.96. The average Bonchev–Trinajstić information content (AvgIpc) is 3.26. The van der Waals surface area contributed by atoms with Gasteiger partial charge in [-0.05, 0) is 24.3 Å². The van der Waals surface area contributed by atoms with Crippen molar-refractivity contribution in [3.05, 3.63) is 60.4 Å². The van der Waals surface area contributed by atoms with Gasteiger partial charge in [-0.15, -0.1) is 0 Å². The van der Waals surface area contributed by atoms with Crippen LogP contribution in [-0.2, 0) is 0 Å². The molecule has 2 aromatic carbocycles.